The Bertz CT molecular complexity index is 825. The summed E-state index contributed by atoms with van der Waals surface area (Å²) in [6.07, 6.45) is 4.27. The van der Waals surface area contributed by atoms with Crippen molar-refractivity contribution in [1.82, 2.24) is 0 Å². The van der Waals surface area contributed by atoms with Crippen LogP contribution in [-0.4, -0.2) is 0 Å². The van der Waals surface area contributed by atoms with Gasteiger partial charge in [-0.05, 0) is 52.8 Å². The summed E-state index contributed by atoms with van der Waals surface area (Å²) in [4.78, 5) is 0. The van der Waals surface area contributed by atoms with Crippen LogP contribution in [0.15, 0.2) is 60.7 Å². The molecule has 3 aromatic carbocycles. The van der Waals surface area contributed by atoms with Gasteiger partial charge in [0.2, 0.25) is 0 Å². The second kappa shape index (κ2) is 7.81. The van der Waals surface area contributed by atoms with Crippen molar-refractivity contribution in [3.63, 3.8) is 0 Å². The molecule has 0 bridgehead atoms. The quantitative estimate of drug-likeness (QED) is 0.447. The summed E-state index contributed by atoms with van der Waals surface area (Å²) in [6.45, 7) is 2.19. The number of unbranched alkanes of at least 4 members (excludes halogenated alkanes) is 1. The topological polar surface area (TPSA) is 0 Å². The average Bonchev–Trinajstić information content (AvgIpc) is 2.61. The van der Waals surface area contributed by atoms with E-state index in [1.165, 1.54) is 16.3 Å². The minimum absolute atomic E-state index is 0.193. The van der Waals surface area contributed by atoms with Crippen LogP contribution in [0.4, 0.5) is 4.39 Å². The van der Waals surface area contributed by atoms with Gasteiger partial charge in [0.15, 0.2) is 0 Å². The number of hydrogen-bond acceptors (Lipinski definition) is 0. The Balaban J connectivity index is 1.88. The zero-order valence-corrected chi connectivity index (χ0v) is 14.7. The van der Waals surface area contributed by atoms with Gasteiger partial charge in [-0.2, -0.15) is 0 Å². The zero-order valence-electron chi connectivity index (χ0n) is 13.9. The highest BCUT2D eigenvalue weighted by Crippen LogP contribution is 2.30. The summed E-state index contributed by atoms with van der Waals surface area (Å²) in [7, 11) is 0. The van der Waals surface area contributed by atoms with E-state index in [4.69, 9.17) is 11.6 Å². The number of hydrogen-bond donors (Lipinski definition) is 0. The summed E-state index contributed by atoms with van der Waals surface area (Å²) >= 11 is 5.84. The van der Waals surface area contributed by atoms with E-state index >= 15 is 0 Å². The second-order valence-corrected chi connectivity index (χ2v) is 6.81. The lowest BCUT2D eigenvalue weighted by molar-refractivity contribution is 0.571. The molecule has 3 aromatic rings. The van der Waals surface area contributed by atoms with E-state index in [1.54, 1.807) is 12.1 Å². The average molecular weight is 341 g/mol. The molecule has 0 nitrogen and oxygen atoms in total. The summed E-state index contributed by atoms with van der Waals surface area (Å²) < 4.78 is 13.9. The van der Waals surface area contributed by atoms with Gasteiger partial charge in [-0.15, -0.1) is 0 Å². The van der Waals surface area contributed by atoms with Gasteiger partial charge < -0.3 is 0 Å². The molecule has 0 aromatic heterocycles. The largest absolute Gasteiger partial charge is 0.205 e. The third-order valence-corrected chi connectivity index (χ3v) is 4.92. The molecule has 0 amide bonds. The molecular formula is C22H22ClF. The predicted molar refractivity (Wildman–Crippen MR) is 101 cm³/mol. The fourth-order valence-electron chi connectivity index (χ4n) is 3.25. The molecule has 24 heavy (non-hydrogen) atoms. The molecule has 2 heteroatoms. The minimum atomic E-state index is -0.325. The number of halogens is 2. The van der Waals surface area contributed by atoms with Gasteiger partial charge in [0.05, 0.1) is 5.02 Å². The normalized spacial score (nSPS) is 12.5. The Morgan fingerprint density at radius 3 is 2.50 bits per heavy atom. The lowest BCUT2D eigenvalue weighted by Gasteiger charge is -2.18. The monoisotopic (exact) mass is 340 g/mol. The van der Waals surface area contributed by atoms with Gasteiger partial charge in [-0.25, -0.2) is 4.39 Å². The molecule has 0 radical (unpaired) electrons. The third-order valence-electron chi connectivity index (χ3n) is 4.62. The maximum Gasteiger partial charge on any atom is 0.142 e. The molecule has 0 heterocycles. The van der Waals surface area contributed by atoms with Crippen LogP contribution in [0.5, 0.6) is 0 Å². The summed E-state index contributed by atoms with van der Waals surface area (Å²) in [5.74, 6) is -0.00736. The first kappa shape index (κ1) is 17.0. The summed E-state index contributed by atoms with van der Waals surface area (Å²) in [5, 5.41) is 2.70. The van der Waals surface area contributed by atoms with Gasteiger partial charge in [-0.3, -0.25) is 0 Å². The lowest BCUT2D eigenvalue weighted by Crippen LogP contribution is -2.04. The van der Waals surface area contributed by atoms with E-state index in [0.29, 0.717) is 5.92 Å². The van der Waals surface area contributed by atoms with Crippen molar-refractivity contribution in [1.29, 1.82) is 0 Å². The van der Waals surface area contributed by atoms with E-state index in [2.05, 4.69) is 49.4 Å². The Kier molecular flexibility index (Phi) is 5.52. The maximum absolute atomic E-state index is 13.9. The van der Waals surface area contributed by atoms with Gasteiger partial charge in [-0.1, -0.05) is 79.9 Å². The first-order valence-electron chi connectivity index (χ1n) is 8.60. The Morgan fingerprint density at radius 1 is 0.958 bits per heavy atom. The molecule has 0 aliphatic heterocycles. The van der Waals surface area contributed by atoms with Crippen molar-refractivity contribution < 1.29 is 4.39 Å². The summed E-state index contributed by atoms with van der Waals surface area (Å²) in [6, 6.07) is 20.2. The molecule has 0 saturated carbocycles. The molecule has 3 rings (SSSR count). The van der Waals surface area contributed by atoms with E-state index in [1.807, 2.05) is 6.07 Å². The molecule has 1 atom stereocenters. The highest BCUT2D eigenvalue weighted by atomic mass is 35.5. The summed E-state index contributed by atoms with van der Waals surface area (Å²) in [5.41, 5.74) is 2.34. The molecule has 0 fully saturated rings. The predicted octanol–water partition coefficient (Wildman–Crippen LogP) is 7.15. The van der Waals surface area contributed by atoms with Gasteiger partial charge in [0, 0.05) is 0 Å². The van der Waals surface area contributed by atoms with Gasteiger partial charge in [0.25, 0.3) is 0 Å². The van der Waals surface area contributed by atoms with Crippen molar-refractivity contribution in [3.05, 3.63) is 82.6 Å². The molecule has 124 valence electrons. The smallest absolute Gasteiger partial charge is 0.142 e. The van der Waals surface area contributed by atoms with E-state index in [9.17, 15) is 4.39 Å². The fourth-order valence-corrected chi connectivity index (χ4v) is 3.37. The molecule has 0 saturated heterocycles. The second-order valence-electron chi connectivity index (χ2n) is 6.40. The van der Waals surface area contributed by atoms with E-state index < -0.39 is 0 Å². The number of fused-ring (bicyclic) bond motifs is 1. The molecule has 0 N–H and O–H groups in total. The molecule has 0 aliphatic rings. The lowest BCUT2D eigenvalue weighted by atomic mass is 9.87. The number of rotatable bonds is 6. The highest BCUT2D eigenvalue weighted by Gasteiger charge is 2.14. The van der Waals surface area contributed by atoms with Crippen molar-refractivity contribution in [2.75, 3.05) is 0 Å². The first-order chi connectivity index (χ1) is 11.7. The van der Waals surface area contributed by atoms with Crippen LogP contribution < -0.4 is 0 Å². The van der Waals surface area contributed by atoms with Crippen molar-refractivity contribution in [2.24, 2.45) is 0 Å². The van der Waals surface area contributed by atoms with Crippen LogP contribution in [0.25, 0.3) is 10.8 Å². The van der Waals surface area contributed by atoms with Crippen LogP contribution in [0.3, 0.4) is 0 Å². The van der Waals surface area contributed by atoms with Crippen molar-refractivity contribution >= 4 is 22.4 Å². The Labute approximate surface area is 148 Å². The maximum atomic E-state index is 13.9. The van der Waals surface area contributed by atoms with Crippen LogP contribution >= 0.6 is 11.6 Å². The van der Waals surface area contributed by atoms with E-state index in [-0.39, 0.29) is 10.8 Å². The van der Waals surface area contributed by atoms with Gasteiger partial charge >= 0.3 is 0 Å². The van der Waals surface area contributed by atoms with Crippen LogP contribution in [0.1, 0.15) is 43.2 Å². The fraction of sp³-hybridized carbons (Fsp3) is 0.273. The van der Waals surface area contributed by atoms with Gasteiger partial charge in [0.1, 0.15) is 5.82 Å². The van der Waals surface area contributed by atoms with Crippen LogP contribution in [-0.2, 0) is 6.42 Å². The first-order valence-corrected chi connectivity index (χ1v) is 8.98. The van der Waals surface area contributed by atoms with Crippen LogP contribution in [0, 0.1) is 5.82 Å². The molecular weight excluding hydrogens is 319 g/mol. The third kappa shape index (κ3) is 3.96. The zero-order chi connectivity index (χ0) is 16.9. The van der Waals surface area contributed by atoms with Crippen LogP contribution in [0.2, 0.25) is 5.02 Å². The number of benzene rings is 3. The molecule has 1 unspecified atom stereocenters. The molecule has 0 spiro atoms. The molecule has 0 aliphatic carbocycles. The van der Waals surface area contributed by atoms with Crippen molar-refractivity contribution in [2.45, 2.75) is 38.5 Å². The van der Waals surface area contributed by atoms with Crippen molar-refractivity contribution in [3.8, 4) is 0 Å². The standard InChI is InChI=1S/C22H22ClF/c1-2-3-6-19(20-11-12-21(23)22(24)15-20)14-16-9-10-17-7-4-5-8-18(17)13-16/h4-5,7-13,15,19H,2-3,6,14H2,1H3. The Hall–Kier alpha value is -1.86. The Morgan fingerprint density at radius 2 is 1.75 bits per heavy atom. The minimum Gasteiger partial charge on any atom is -0.205 e. The SMILES string of the molecule is CCCCC(Cc1ccc2ccccc2c1)c1ccc(Cl)c(F)c1. The van der Waals surface area contributed by atoms with E-state index in [0.717, 1.165) is 31.2 Å². The highest BCUT2D eigenvalue weighted by molar-refractivity contribution is 6.30.